The standard InChI is InChI=1S/C19H21ClFN3O3S/c1-22(28(2,26)27)16-7-8-17(18(20)13-16)19(25)24-11-9-23(10-12-24)15-5-3-14(21)4-6-15/h3-8,13H,9-12H2,1-2H3. The zero-order valence-corrected chi connectivity index (χ0v) is 17.2. The van der Waals surface area contributed by atoms with Crippen molar-refractivity contribution in [1.82, 2.24) is 4.90 Å². The van der Waals surface area contributed by atoms with Crippen LogP contribution in [0.1, 0.15) is 10.4 Å². The first-order valence-electron chi connectivity index (χ1n) is 8.70. The molecule has 6 nitrogen and oxygen atoms in total. The fraction of sp³-hybridized carbons (Fsp3) is 0.316. The average Bonchev–Trinajstić information content (AvgIpc) is 2.67. The molecule has 150 valence electrons. The summed E-state index contributed by atoms with van der Waals surface area (Å²) in [6.07, 6.45) is 1.10. The largest absolute Gasteiger partial charge is 0.368 e. The number of piperazine rings is 1. The molecule has 0 saturated carbocycles. The summed E-state index contributed by atoms with van der Waals surface area (Å²) < 4.78 is 37.5. The Bertz CT molecular complexity index is 974. The molecule has 1 fully saturated rings. The molecule has 1 aliphatic heterocycles. The van der Waals surface area contributed by atoms with Crippen LogP contribution in [0.4, 0.5) is 15.8 Å². The molecule has 0 radical (unpaired) electrons. The predicted octanol–water partition coefficient (Wildman–Crippen LogP) is 2.84. The van der Waals surface area contributed by atoms with Crippen LogP contribution in [0, 0.1) is 5.82 Å². The highest BCUT2D eigenvalue weighted by molar-refractivity contribution is 7.92. The van der Waals surface area contributed by atoms with Gasteiger partial charge in [-0.3, -0.25) is 9.10 Å². The van der Waals surface area contributed by atoms with Crippen LogP contribution in [-0.2, 0) is 10.0 Å². The Kier molecular flexibility index (Phi) is 5.81. The molecule has 3 rings (SSSR count). The van der Waals surface area contributed by atoms with Crippen LogP contribution in [-0.4, -0.2) is 58.7 Å². The third-order valence-corrected chi connectivity index (χ3v) is 6.32. The highest BCUT2D eigenvalue weighted by atomic mass is 35.5. The summed E-state index contributed by atoms with van der Waals surface area (Å²) in [5.74, 6) is -0.477. The zero-order chi connectivity index (χ0) is 20.5. The second-order valence-corrected chi connectivity index (χ2v) is 9.07. The van der Waals surface area contributed by atoms with E-state index in [2.05, 4.69) is 4.90 Å². The topological polar surface area (TPSA) is 60.9 Å². The van der Waals surface area contributed by atoms with Gasteiger partial charge in [0.05, 0.1) is 22.5 Å². The number of sulfonamides is 1. The maximum Gasteiger partial charge on any atom is 0.255 e. The Morgan fingerprint density at radius 2 is 1.68 bits per heavy atom. The molecule has 28 heavy (non-hydrogen) atoms. The SMILES string of the molecule is CN(c1ccc(C(=O)N2CCN(c3ccc(F)cc3)CC2)c(Cl)c1)S(C)(=O)=O. The number of anilines is 2. The lowest BCUT2D eigenvalue weighted by molar-refractivity contribution is 0.0747. The Balaban J connectivity index is 1.69. The number of carbonyl (C=O) groups is 1. The van der Waals surface area contributed by atoms with Crippen molar-refractivity contribution in [2.24, 2.45) is 0 Å². The molecule has 1 heterocycles. The van der Waals surface area contributed by atoms with Crippen molar-refractivity contribution >= 4 is 38.9 Å². The van der Waals surface area contributed by atoms with E-state index in [9.17, 15) is 17.6 Å². The monoisotopic (exact) mass is 425 g/mol. The lowest BCUT2D eigenvalue weighted by Gasteiger charge is -2.36. The first-order chi connectivity index (χ1) is 13.2. The zero-order valence-electron chi connectivity index (χ0n) is 15.6. The van der Waals surface area contributed by atoms with E-state index in [1.807, 2.05) is 0 Å². The highest BCUT2D eigenvalue weighted by Crippen LogP contribution is 2.26. The Morgan fingerprint density at radius 1 is 1.07 bits per heavy atom. The van der Waals surface area contributed by atoms with Crippen LogP contribution < -0.4 is 9.21 Å². The van der Waals surface area contributed by atoms with E-state index in [-0.39, 0.29) is 16.7 Å². The van der Waals surface area contributed by atoms with Gasteiger partial charge in [0, 0.05) is 38.9 Å². The van der Waals surface area contributed by atoms with Gasteiger partial charge in [-0.2, -0.15) is 0 Å². The number of benzene rings is 2. The van der Waals surface area contributed by atoms with Gasteiger partial charge in [-0.1, -0.05) is 11.6 Å². The molecule has 0 aromatic heterocycles. The van der Waals surface area contributed by atoms with Gasteiger partial charge in [-0.05, 0) is 42.5 Å². The number of hydrogen-bond donors (Lipinski definition) is 0. The third-order valence-electron chi connectivity index (χ3n) is 4.80. The number of nitrogens with zero attached hydrogens (tertiary/aromatic N) is 3. The molecule has 0 atom stereocenters. The average molecular weight is 426 g/mol. The van der Waals surface area contributed by atoms with Crippen molar-refractivity contribution in [3.05, 3.63) is 58.9 Å². The van der Waals surface area contributed by atoms with Crippen LogP contribution in [0.5, 0.6) is 0 Å². The minimum atomic E-state index is -3.41. The summed E-state index contributed by atoms with van der Waals surface area (Å²) in [7, 11) is -1.98. The van der Waals surface area contributed by atoms with E-state index in [1.54, 1.807) is 29.2 Å². The molecule has 0 bridgehead atoms. The molecular weight excluding hydrogens is 405 g/mol. The maximum absolute atomic E-state index is 13.1. The molecule has 2 aromatic carbocycles. The van der Waals surface area contributed by atoms with Gasteiger partial charge in [0.15, 0.2) is 0 Å². The molecule has 2 aromatic rings. The first-order valence-corrected chi connectivity index (χ1v) is 10.9. The van der Waals surface area contributed by atoms with Crippen molar-refractivity contribution in [3.8, 4) is 0 Å². The molecule has 0 unspecified atom stereocenters. The lowest BCUT2D eigenvalue weighted by atomic mass is 10.1. The van der Waals surface area contributed by atoms with Gasteiger partial charge >= 0.3 is 0 Å². The van der Waals surface area contributed by atoms with Gasteiger partial charge < -0.3 is 9.80 Å². The van der Waals surface area contributed by atoms with E-state index in [1.165, 1.54) is 25.2 Å². The minimum Gasteiger partial charge on any atom is -0.368 e. The molecule has 1 aliphatic rings. The highest BCUT2D eigenvalue weighted by Gasteiger charge is 2.24. The second-order valence-electron chi connectivity index (χ2n) is 6.65. The van der Waals surface area contributed by atoms with Crippen LogP contribution in [0.2, 0.25) is 5.02 Å². The van der Waals surface area contributed by atoms with Crippen LogP contribution in [0.3, 0.4) is 0 Å². The second kappa shape index (κ2) is 7.97. The number of hydrogen-bond acceptors (Lipinski definition) is 4. The molecule has 9 heteroatoms. The van der Waals surface area contributed by atoms with Crippen LogP contribution in [0.25, 0.3) is 0 Å². The van der Waals surface area contributed by atoms with Crippen molar-refractivity contribution in [2.45, 2.75) is 0 Å². The molecule has 0 N–H and O–H groups in total. The first kappa shape index (κ1) is 20.4. The Morgan fingerprint density at radius 3 is 2.21 bits per heavy atom. The van der Waals surface area contributed by atoms with Crippen molar-refractivity contribution < 1.29 is 17.6 Å². The summed E-state index contributed by atoms with van der Waals surface area (Å²) in [6, 6.07) is 10.9. The Hall–Kier alpha value is -2.32. The van der Waals surface area contributed by atoms with E-state index in [0.717, 1.165) is 16.2 Å². The minimum absolute atomic E-state index is 0.197. The summed E-state index contributed by atoms with van der Waals surface area (Å²) in [6.45, 7) is 2.28. The van der Waals surface area contributed by atoms with Crippen LogP contribution >= 0.6 is 11.6 Å². The number of carbonyl (C=O) groups excluding carboxylic acids is 1. The molecular formula is C19H21ClFN3O3S. The van der Waals surface area contributed by atoms with Crippen LogP contribution in [0.15, 0.2) is 42.5 Å². The lowest BCUT2D eigenvalue weighted by Crippen LogP contribution is -2.48. The summed E-state index contributed by atoms with van der Waals surface area (Å²) in [4.78, 5) is 16.6. The fourth-order valence-electron chi connectivity index (χ4n) is 3.05. The number of rotatable bonds is 4. The normalized spacial score (nSPS) is 14.9. The van der Waals surface area contributed by atoms with E-state index >= 15 is 0 Å². The van der Waals surface area contributed by atoms with Gasteiger partial charge in [-0.25, -0.2) is 12.8 Å². The van der Waals surface area contributed by atoms with Gasteiger partial charge in [0.25, 0.3) is 5.91 Å². The van der Waals surface area contributed by atoms with Crippen molar-refractivity contribution in [3.63, 3.8) is 0 Å². The van der Waals surface area contributed by atoms with Crippen molar-refractivity contribution in [2.75, 3.05) is 48.7 Å². The quantitative estimate of drug-likeness (QED) is 0.755. The third kappa shape index (κ3) is 4.39. The molecule has 0 spiro atoms. The van der Waals surface area contributed by atoms with Gasteiger partial charge in [0.1, 0.15) is 5.82 Å². The maximum atomic E-state index is 13.1. The fourth-order valence-corrected chi connectivity index (χ4v) is 3.81. The van der Waals surface area contributed by atoms with E-state index < -0.39 is 10.0 Å². The summed E-state index contributed by atoms with van der Waals surface area (Å²) in [5, 5.41) is 0.207. The summed E-state index contributed by atoms with van der Waals surface area (Å²) >= 11 is 6.26. The molecule has 1 saturated heterocycles. The van der Waals surface area contributed by atoms with Gasteiger partial charge in [-0.15, -0.1) is 0 Å². The summed E-state index contributed by atoms with van der Waals surface area (Å²) in [5.41, 5.74) is 1.65. The molecule has 1 amide bonds. The number of halogens is 2. The molecule has 0 aliphatic carbocycles. The van der Waals surface area contributed by atoms with E-state index in [4.69, 9.17) is 11.6 Å². The number of amides is 1. The Labute approximate surface area is 169 Å². The predicted molar refractivity (Wildman–Crippen MR) is 109 cm³/mol. The van der Waals surface area contributed by atoms with Gasteiger partial charge in [0.2, 0.25) is 10.0 Å². The smallest absolute Gasteiger partial charge is 0.255 e. The van der Waals surface area contributed by atoms with E-state index in [0.29, 0.717) is 37.4 Å². The van der Waals surface area contributed by atoms with Crippen molar-refractivity contribution in [1.29, 1.82) is 0 Å².